The largest absolute Gasteiger partial charge is 0.478 e. The molecule has 1 unspecified atom stereocenters. The molecular weight excluding hydrogens is 234 g/mol. The lowest BCUT2D eigenvalue weighted by atomic mass is 10.0. The summed E-state index contributed by atoms with van der Waals surface area (Å²) in [6, 6.07) is -0.269. The maximum atomic E-state index is 11.4. The van der Waals surface area contributed by atoms with Gasteiger partial charge in [0.25, 0.3) is 0 Å². The summed E-state index contributed by atoms with van der Waals surface area (Å²) in [5.74, 6) is -0.804. The van der Waals surface area contributed by atoms with E-state index in [0.29, 0.717) is 24.1 Å². The first-order chi connectivity index (χ1) is 8.54. The summed E-state index contributed by atoms with van der Waals surface area (Å²) in [7, 11) is 0. The number of carbonyl (C=O) groups is 1. The van der Waals surface area contributed by atoms with Crippen LogP contribution in [0, 0.1) is 0 Å². The number of anilines is 1. The van der Waals surface area contributed by atoms with Crippen LogP contribution in [0.3, 0.4) is 0 Å². The maximum Gasteiger partial charge on any atom is 0.339 e. The van der Waals surface area contributed by atoms with Crippen molar-refractivity contribution in [3.05, 3.63) is 16.8 Å². The molecule has 0 saturated carbocycles. The van der Waals surface area contributed by atoms with Crippen molar-refractivity contribution >= 4 is 11.8 Å². The normalized spacial score (nSPS) is 12.2. The molecule has 1 atom stereocenters. The molecule has 1 aromatic heterocycles. The number of rotatable bonds is 6. The standard InChI is InChI=1S/C12H19N3O3/c1-4-8-9(5-2)14-15-11(10(8)12(17)18)13-7(3)6-16/h7,16H,4-6H2,1-3H3,(H,13,15)(H,17,18). The second-order valence-corrected chi connectivity index (χ2v) is 4.09. The lowest BCUT2D eigenvalue weighted by molar-refractivity contribution is 0.0696. The second kappa shape index (κ2) is 6.30. The summed E-state index contributed by atoms with van der Waals surface area (Å²) in [6.07, 6.45) is 1.23. The van der Waals surface area contributed by atoms with Crippen molar-refractivity contribution in [2.45, 2.75) is 39.7 Å². The van der Waals surface area contributed by atoms with E-state index in [1.165, 1.54) is 0 Å². The van der Waals surface area contributed by atoms with Crippen LogP contribution in [-0.2, 0) is 12.8 Å². The summed E-state index contributed by atoms with van der Waals surface area (Å²) < 4.78 is 0. The Kier molecular flexibility index (Phi) is 5.03. The van der Waals surface area contributed by atoms with E-state index in [-0.39, 0.29) is 24.0 Å². The van der Waals surface area contributed by atoms with Gasteiger partial charge in [0.1, 0.15) is 5.56 Å². The van der Waals surface area contributed by atoms with Crippen LogP contribution in [0.5, 0.6) is 0 Å². The number of aryl methyl sites for hydroxylation is 1. The topological polar surface area (TPSA) is 95.3 Å². The van der Waals surface area contributed by atoms with E-state index in [0.717, 1.165) is 0 Å². The third-order valence-electron chi connectivity index (χ3n) is 2.72. The fourth-order valence-electron chi connectivity index (χ4n) is 1.78. The van der Waals surface area contributed by atoms with Crippen LogP contribution in [0.4, 0.5) is 5.82 Å². The predicted molar refractivity (Wildman–Crippen MR) is 67.9 cm³/mol. The molecule has 1 rings (SSSR count). The highest BCUT2D eigenvalue weighted by atomic mass is 16.4. The molecule has 0 aliphatic rings. The van der Waals surface area contributed by atoms with E-state index < -0.39 is 5.97 Å². The average molecular weight is 253 g/mol. The highest BCUT2D eigenvalue weighted by molar-refractivity contribution is 5.95. The Bertz CT molecular complexity index is 435. The smallest absolute Gasteiger partial charge is 0.339 e. The van der Waals surface area contributed by atoms with E-state index in [4.69, 9.17) is 5.11 Å². The minimum atomic E-state index is -1.02. The van der Waals surface area contributed by atoms with Gasteiger partial charge in [-0.3, -0.25) is 0 Å². The van der Waals surface area contributed by atoms with Gasteiger partial charge in [-0.2, -0.15) is 5.10 Å². The lowest BCUT2D eigenvalue weighted by Gasteiger charge is -2.16. The molecule has 0 amide bonds. The van der Waals surface area contributed by atoms with Crippen molar-refractivity contribution in [2.75, 3.05) is 11.9 Å². The summed E-state index contributed by atoms with van der Waals surface area (Å²) in [5, 5.41) is 29.1. The van der Waals surface area contributed by atoms with Crippen molar-refractivity contribution in [3.63, 3.8) is 0 Å². The number of nitrogens with zero attached hydrogens (tertiary/aromatic N) is 2. The number of carboxylic acid groups (broad SMARTS) is 1. The summed E-state index contributed by atoms with van der Waals surface area (Å²) in [6.45, 7) is 5.45. The minimum absolute atomic E-state index is 0.0995. The first-order valence-electron chi connectivity index (χ1n) is 6.04. The molecule has 18 heavy (non-hydrogen) atoms. The minimum Gasteiger partial charge on any atom is -0.478 e. The van der Waals surface area contributed by atoms with Crippen molar-refractivity contribution < 1.29 is 15.0 Å². The molecule has 0 spiro atoms. The van der Waals surface area contributed by atoms with Crippen LogP contribution in [0.1, 0.15) is 42.4 Å². The molecule has 3 N–H and O–H groups in total. The Balaban J connectivity index is 3.30. The molecule has 0 aliphatic carbocycles. The van der Waals surface area contributed by atoms with Crippen molar-refractivity contribution in [3.8, 4) is 0 Å². The monoisotopic (exact) mass is 253 g/mol. The highest BCUT2D eigenvalue weighted by Crippen LogP contribution is 2.21. The molecule has 1 aromatic rings. The number of nitrogens with one attached hydrogen (secondary N) is 1. The van der Waals surface area contributed by atoms with Gasteiger partial charge in [-0.15, -0.1) is 5.10 Å². The van der Waals surface area contributed by atoms with E-state index in [1.807, 2.05) is 13.8 Å². The van der Waals surface area contributed by atoms with Gasteiger partial charge in [0.2, 0.25) is 0 Å². The molecule has 0 radical (unpaired) electrons. The Morgan fingerprint density at radius 1 is 1.33 bits per heavy atom. The molecule has 0 saturated heterocycles. The molecule has 6 heteroatoms. The van der Waals surface area contributed by atoms with Gasteiger partial charge in [-0.25, -0.2) is 4.79 Å². The summed E-state index contributed by atoms with van der Waals surface area (Å²) in [4.78, 5) is 11.4. The van der Waals surface area contributed by atoms with Gasteiger partial charge >= 0.3 is 5.97 Å². The quantitative estimate of drug-likeness (QED) is 0.702. The zero-order chi connectivity index (χ0) is 13.7. The molecule has 0 aromatic carbocycles. The lowest BCUT2D eigenvalue weighted by Crippen LogP contribution is -2.23. The highest BCUT2D eigenvalue weighted by Gasteiger charge is 2.20. The van der Waals surface area contributed by atoms with Crippen LogP contribution in [-0.4, -0.2) is 39.0 Å². The van der Waals surface area contributed by atoms with Crippen LogP contribution in [0.15, 0.2) is 0 Å². The predicted octanol–water partition coefficient (Wildman–Crippen LogP) is 1.09. The summed E-state index contributed by atoms with van der Waals surface area (Å²) >= 11 is 0. The molecule has 0 aliphatic heterocycles. The van der Waals surface area contributed by atoms with Gasteiger partial charge in [0.15, 0.2) is 5.82 Å². The third-order valence-corrected chi connectivity index (χ3v) is 2.72. The number of hydrogen-bond acceptors (Lipinski definition) is 5. The Hall–Kier alpha value is -1.69. The van der Waals surface area contributed by atoms with Gasteiger partial charge in [-0.05, 0) is 25.3 Å². The number of aliphatic hydroxyl groups excluding tert-OH is 1. The Morgan fingerprint density at radius 2 is 2.00 bits per heavy atom. The van der Waals surface area contributed by atoms with E-state index in [2.05, 4.69) is 15.5 Å². The van der Waals surface area contributed by atoms with E-state index in [1.54, 1.807) is 6.92 Å². The molecular formula is C12H19N3O3. The van der Waals surface area contributed by atoms with Crippen molar-refractivity contribution in [2.24, 2.45) is 0 Å². The molecule has 6 nitrogen and oxygen atoms in total. The number of aromatic nitrogens is 2. The average Bonchev–Trinajstić information content (AvgIpc) is 2.37. The van der Waals surface area contributed by atoms with E-state index >= 15 is 0 Å². The Morgan fingerprint density at radius 3 is 2.44 bits per heavy atom. The van der Waals surface area contributed by atoms with Crippen LogP contribution < -0.4 is 5.32 Å². The van der Waals surface area contributed by atoms with Crippen LogP contribution in [0.2, 0.25) is 0 Å². The first kappa shape index (κ1) is 14.4. The molecule has 0 bridgehead atoms. The van der Waals surface area contributed by atoms with Crippen molar-refractivity contribution in [1.29, 1.82) is 0 Å². The SMILES string of the molecule is CCc1nnc(NC(C)CO)c(C(=O)O)c1CC. The zero-order valence-electron chi connectivity index (χ0n) is 10.9. The molecule has 1 heterocycles. The zero-order valence-corrected chi connectivity index (χ0v) is 10.9. The number of hydrogen-bond donors (Lipinski definition) is 3. The maximum absolute atomic E-state index is 11.4. The molecule has 100 valence electrons. The first-order valence-corrected chi connectivity index (χ1v) is 6.04. The van der Waals surface area contributed by atoms with Crippen LogP contribution in [0.25, 0.3) is 0 Å². The fourth-order valence-corrected chi connectivity index (χ4v) is 1.78. The number of carboxylic acids is 1. The van der Waals surface area contributed by atoms with Gasteiger partial charge in [0, 0.05) is 6.04 Å². The van der Waals surface area contributed by atoms with Crippen LogP contribution >= 0.6 is 0 Å². The third kappa shape index (κ3) is 2.95. The summed E-state index contributed by atoms with van der Waals surface area (Å²) in [5.41, 5.74) is 1.56. The van der Waals surface area contributed by atoms with Gasteiger partial charge in [0.05, 0.1) is 12.3 Å². The van der Waals surface area contributed by atoms with Crippen molar-refractivity contribution in [1.82, 2.24) is 10.2 Å². The number of aliphatic hydroxyl groups is 1. The molecule has 0 fully saturated rings. The Labute approximate surface area is 106 Å². The number of aromatic carboxylic acids is 1. The van der Waals surface area contributed by atoms with E-state index in [9.17, 15) is 9.90 Å². The van der Waals surface area contributed by atoms with Gasteiger partial charge in [-0.1, -0.05) is 13.8 Å². The second-order valence-electron chi connectivity index (χ2n) is 4.09. The fraction of sp³-hybridized carbons (Fsp3) is 0.583. The van der Waals surface area contributed by atoms with Gasteiger partial charge < -0.3 is 15.5 Å².